The van der Waals surface area contributed by atoms with Crippen molar-refractivity contribution in [3.63, 3.8) is 0 Å². The van der Waals surface area contributed by atoms with Crippen molar-refractivity contribution in [2.24, 2.45) is 0 Å². The number of nitrogens with one attached hydrogen (secondary N) is 1. The molecule has 0 bridgehead atoms. The summed E-state index contributed by atoms with van der Waals surface area (Å²) in [6.07, 6.45) is -4.03. The molecule has 0 aliphatic heterocycles. The van der Waals surface area contributed by atoms with Gasteiger partial charge in [-0.15, -0.1) is 12.4 Å². The molecule has 0 radical (unpaired) electrons. The standard InChI is InChI=1S/C15H17F3N4O3S.ClH/c1-10-13-14(23)21(12-6-4-5-11(20-10)22(12)13)8-3-2-7-19-26(24,25)9-15(16,17)18;/h4-6,19H,2-3,7-9H2,1H3;1H. The Kier molecular flexibility index (Phi) is 6.07. The van der Waals surface area contributed by atoms with E-state index in [1.807, 2.05) is 4.72 Å². The van der Waals surface area contributed by atoms with Gasteiger partial charge in [-0.25, -0.2) is 18.1 Å². The van der Waals surface area contributed by atoms with Gasteiger partial charge in [0, 0.05) is 13.1 Å². The molecule has 0 atom stereocenters. The maximum atomic E-state index is 12.6. The smallest absolute Gasteiger partial charge is 0.292 e. The van der Waals surface area contributed by atoms with Gasteiger partial charge in [0.25, 0.3) is 5.56 Å². The number of hydrogen-bond acceptors (Lipinski definition) is 4. The van der Waals surface area contributed by atoms with E-state index in [4.69, 9.17) is 0 Å². The Labute approximate surface area is 159 Å². The van der Waals surface area contributed by atoms with Crippen LogP contribution in [0.1, 0.15) is 18.5 Å². The summed E-state index contributed by atoms with van der Waals surface area (Å²) in [5.41, 5.74) is 2.30. The molecule has 3 heterocycles. The maximum Gasteiger partial charge on any atom is 0.404 e. The molecule has 27 heavy (non-hydrogen) atoms. The fourth-order valence-electron chi connectivity index (χ4n) is 2.99. The van der Waals surface area contributed by atoms with Gasteiger partial charge in [-0.1, -0.05) is 6.07 Å². The number of hydrogen-bond donors (Lipinski definition) is 1. The largest absolute Gasteiger partial charge is 0.404 e. The van der Waals surface area contributed by atoms with Crippen LogP contribution in [0.25, 0.3) is 16.8 Å². The SMILES string of the molecule is Cc1nc2cccc3n(CCCCNS(=O)(=O)CC(F)(F)F)c(=O)c1n23.Cl. The quantitative estimate of drug-likeness (QED) is 0.586. The van der Waals surface area contributed by atoms with E-state index in [1.54, 1.807) is 34.1 Å². The van der Waals surface area contributed by atoms with Crippen molar-refractivity contribution < 1.29 is 21.6 Å². The first kappa shape index (κ1) is 21.5. The zero-order valence-corrected chi connectivity index (χ0v) is 15.9. The van der Waals surface area contributed by atoms with Gasteiger partial charge < -0.3 is 0 Å². The molecule has 0 fully saturated rings. The van der Waals surface area contributed by atoms with Crippen LogP contribution >= 0.6 is 12.4 Å². The third kappa shape index (κ3) is 4.53. The lowest BCUT2D eigenvalue weighted by Gasteiger charge is -2.09. The number of nitrogens with zero attached hydrogens (tertiary/aromatic N) is 3. The molecule has 0 spiro atoms. The van der Waals surface area contributed by atoms with Crippen LogP contribution in [0, 0.1) is 6.92 Å². The molecule has 1 N–H and O–H groups in total. The van der Waals surface area contributed by atoms with Gasteiger partial charge in [-0.3, -0.25) is 13.8 Å². The lowest BCUT2D eigenvalue weighted by atomic mass is 10.3. The number of aryl methyl sites for hydroxylation is 2. The van der Waals surface area contributed by atoms with Crippen LogP contribution in [-0.4, -0.2) is 40.8 Å². The molecule has 0 aliphatic carbocycles. The molecule has 0 saturated heterocycles. The summed E-state index contributed by atoms with van der Waals surface area (Å²) in [6, 6.07) is 5.37. The van der Waals surface area contributed by atoms with E-state index in [2.05, 4.69) is 4.98 Å². The number of rotatable bonds is 7. The predicted octanol–water partition coefficient (Wildman–Crippen LogP) is 2.08. The van der Waals surface area contributed by atoms with E-state index in [0.717, 1.165) is 0 Å². The van der Waals surface area contributed by atoms with Crippen LogP contribution in [-0.2, 0) is 16.6 Å². The zero-order valence-electron chi connectivity index (χ0n) is 14.3. The lowest BCUT2D eigenvalue weighted by Crippen LogP contribution is -2.34. The highest BCUT2D eigenvalue weighted by Gasteiger charge is 2.34. The Morgan fingerprint density at radius 1 is 1.22 bits per heavy atom. The van der Waals surface area contributed by atoms with Crippen LogP contribution in [0.5, 0.6) is 0 Å². The van der Waals surface area contributed by atoms with Crippen LogP contribution in [0.15, 0.2) is 23.0 Å². The normalized spacial score (nSPS) is 12.7. The first-order valence-corrected chi connectivity index (χ1v) is 9.58. The highest BCUT2D eigenvalue weighted by Crippen LogP contribution is 2.18. The Hall–Kier alpha value is -1.85. The average Bonchev–Trinajstić information content (AvgIpc) is 2.97. The minimum absolute atomic E-state index is 0. The number of alkyl halides is 3. The molecule has 7 nitrogen and oxygen atoms in total. The van der Waals surface area contributed by atoms with Crippen molar-refractivity contribution in [3.05, 3.63) is 34.2 Å². The molecule has 3 rings (SSSR count). The number of sulfonamides is 1. The summed E-state index contributed by atoms with van der Waals surface area (Å²) >= 11 is 0. The lowest BCUT2D eigenvalue weighted by molar-refractivity contribution is -0.106. The van der Waals surface area contributed by atoms with Gasteiger partial charge in [-0.2, -0.15) is 13.2 Å². The minimum atomic E-state index is -4.77. The summed E-state index contributed by atoms with van der Waals surface area (Å²) in [6.45, 7) is 1.97. The fraction of sp³-hybridized carbons (Fsp3) is 0.467. The Balaban J connectivity index is 0.00000261. The second-order valence-corrected chi connectivity index (χ2v) is 7.86. The van der Waals surface area contributed by atoms with Crippen LogP contribution in [0.2, 0.25) is 0 Å². The number of unbranched alkanes of at least 4 members (excludes halogenated alkanes) is 1. The predicted molar refractivity (Wildman–Crippen MR) is 97.2 cm³/mol. The van der Waals surface area contributed by atoms with Crippen molar-refractivity contribution in [2.45, 2.75) is 32.5 Å². The summed E-state index contributed by atoms with van der Waals surface area (Å²) in [5, 5.41) is 0. The third-order valence-corrected chi connectivity index (χ3v) is 5.36. The second-order valence-electron chi connectivity index (χ2n) is 6.06. The molecule has 0 unspecified atom stereocenters. The Morgan fingerprint density at radius 2 is 1.93 bits per heavy atom. The van der Waals surface area contributed by atoms with E-state index in [-0.39, 0.29) is 24.5 Å². The van der Waals surface area contributed by atoms with Crippen LogP contribution in [0.4, 0.5) is 13.2 Å². The molecule has 3 aromatic rings. The third-order valence-electron chi connectivity index (χ3n) is 4.01. The molecular weight excluding hydrogens is 409 g/mol. The van der Waals surface area contributed by atoms with Crippen LogP contribution in [0.3, 0.4) is 0 Å². The van der Waals surface area contributed by atoms with Gasteiger partial charge in [-0.05, 0) is 31.9 Å². The van der Waals surface area contributed by atoms with Gasteiger partial charge in [0.05, 0.1) is 5.69 Å². The van der Waals surface area contributed by atoms with Gasteiger partial charge in [0.15, 0.2) is 5.75 Å². The van der Waals surface area contributed by atoms with Crippen molar-refractivity contribution in [1.29, 1.82) is 0 Å². The van der Waals surface area contributed by atoms with Crippen LogP contribution < -0.4 is 10.3 Å². The van der Waals surface area contributed by atoms with Gasteiger partial charge >= 0.3 is 6.18 Å². The second kappa shape index (κ2) is 7.64. The molecule has 3 aromatic heterocycles. The minimum Gasteiger partial charge on any atom is -0.292 e. The van der Waals surface area contributed by atoms with Gasteiger partial charge in [0.1, 0.15) is 16.8 Å². The Morgan fingerprint density at radius 3 is 2.59 bits per heavy atom. The van der Waals surface area contributed by atoms with E-state index < -0.39 is 22.0 Å². The molecule has 150 valence electrons. The monoisotopic (exact) mass is 426 g/mol. The Bertz CT molecular complexity index is 1090. The number of halogens is 4. The average molecular weight is 427 g/mol. The van der Waals surface area contributed by atoms with Gasteiger partial charge in [0.2, 0.25) is 10.0 Å². The van der Waals surface area contributed by atoms with Crippen molar-refractivity contribution in [3.8, 4) is 0 Å². The molecule has 0 aromatic carbocycles. The highest BCUT2D eigenvalue weighted by atomic mass is 35.5. The number of pyridine rings is 1. The summed E-state index contributed by atoms with van der Waals surface area (Å²) < 4.78 is 64.3. The van der Waals surface area contributed by atoms with E-state index in [9.17, 15) is 26.4 Å². The first-order chi connectivity index (χ1) is 12.1. The summed E-state index contributed by atoms with van der Waals surface area (Å²) in [4.78, 5) is 16.9. The van der Waals surface area contributed by atoms with E-state index in [1.165, 1.54) is 0 Å². The van der Waals surface area contributed by atoms with Crippen molar-refractivity contribution >= 4 is 39.2 Å². The molecule has 12 heteroatoms. The van der Waals surface area contributed by atoms with E-state index >= 15 is 0 Å². The molecule has 0 amide bonds. The van der Waals surface area contributed by atoms with E-state index in [0.29, 0.717) is 41.9 Å². The molecule has 0 saturated carbocycles. The summed E-state index contributed by atoms with van der Waals surface area (Å²) in [7, 11) is -4.39. The fourth-order valence-corrected chi connectivity index (χ4v) is 3.98. The topological polar surface area (TPSA) is 85.5 Å². The number of imidazole rings is 2. The molecular formula is C15H18ClF3N4O3S. The van der Waals surface area contributed by atoms with Crippen molar-refractivity contribution in [2.75, 3.05) is 12.3 Å². The van der Waals surface area contributed by atoms with Crippen molar-refractivity contribution in [1.82, 2.24) is 18.7 Å². The number of aromatic nitrogens is 3. The summed E-state index contributed by atoms with van der Waals surface area (Å²) in [5.74, 6) is -1.89. The zero-order chi connectivity index (χ0) is 19.1. The first-order valence-electron chi connectivity index (χ1n) is 7.93. The highest BCUT2D eigenvalue weighted by molar-refractivity contribution is 7.89. The maximum absolute atomic E-state index is 12.6. The molecule has 0 aliphatic rings.